The SMILES string of the molecule is CC(C)CCC(O)c1cncc(Br)c1. The van der Waals surface area contributed by atoms with E-state index >= 15 is 0 Å². The highest BCUT2D eigenvalue weighted by molar-refractivity contribution is 9.10. The van der Waals surface area contributed by atoms with Crippen molar-refractivity contribution in [3.05, 3.63) is 28.5 Å². The summed E-state index contributed by atoms with van der Waals surface area (Å²) in [7, 11) is 0. The van der Waals surface area contributed by atoms with Crippen LogP contribution in [0, 0.1) is 5.92 Å². The normalized spacial score (nSPS) is 13.2. The van der Waals surface area contributed by atoms with Crippen LogP contribution in [0.1, 0.15) is 38.4 Å². The van der Waals surface area contributed by atoms with Gasteiger partial charge in [-0.1, -0.05) is 13.8 Å². The molecule has 0 aliphatic carbocycles. The second-order valence-electron chi connectivity index (χ2n) is 3.92. The maximum Gasteiger partial charge on any atom is 0.0805 e. The molecular weight excluding hydrogens is 242 g/mol. The van der Waals surface area contributed by atoms with Crippen LogP contribution in [-0.2, 0) is 0 Å². The number of hydrogen-bond acceptors (Lipinski definition) is 2. The standard InChI is InChI=1S/C11H16BrNO/c1-8(2)3-4-11(14)9-5-10(12)7-13-6-9/h5-8,11,14H,3-4H2,1-2H3. The Balaban J connectivity index is 2.56. The topological polar surface area (TPSA) is 33.1 Å². The smallest absolute Gasteiger partial charge is 0.0805 e. The van der Waals surface area contributed by atoms with Gasteiger partial charge in [-0.15, -0.1) is 0 Å². The Morgan fingerprint density at radius 2 is 2.07 bits per heavy atom. The van der Waals surface area contributed by atoms with Gasteiger partial charge in [-0.2, -0.15) is 0 Å². The molecule has 0 aliphatic heterocycles. The van der Waals surface area contributed by atoms with Gasteiger partial charge in [0.05, 0.1) is 6.10 Å². The van der Waals surface area contributed by atoms with E-state index in [4.69, 9.17) is 0 Å². The van der Waals surface area contributed by atoms with Gasteiger partial charge in [-0.25, -0.2) is 0 Å². The van der Waals surface area contributed by atoms with Gasteiger partial charge in [0.25, 0.3) is 0 Å². The number of hydrogen-bond donors (Lipinski definition) is 1. The predicted octanol–water partition coefficient (Wildman–Crippen LogP) is 3.31. The van der Waals surface area contributed by atoms with Crippen molar-refractivity contribution in [2.24, 2.45) is 5.92 Å². The van der Waals surface area contributed by atoms with E-state index in [0.29, 0.717) is 5.92 Å². The first-order chi connectivity index (χ1) is 6.59. The zero-order chi connectivity index (χ0) is 10.6. The predicted molar refractivity (Wildman–Crippen MR) is 61.0 cm³/mol. The molecule has 0 fully saturated rings. The zero-order valence-corrected chi connectivity index (χ0v) is 10.2. The number of rotatable bonds is 4. The van der Waals surface area contributed by atoms with Crippen LogP contribution in [0.15, 0.2) is 22.9 Å². The lowest BCUT2D eigenvalue weighted by Crippen LogP contribution is -2.00. The second-order valence-corrected chi connectivity index (χ2v) is 4.84. The van der Waals surface area contributed by atoms with E-state index in [0.717, 1.165) is 22.9 Å². The van der Waals surface area contributed by atoms with Crippen molar-refractivity contribution in [3.8, 4) is 0 Å². The first kappa shape index (κ1) is 11.7. The molecule has 2 nitrogen and oxygen atoms in total. The van der Waals surface area contributed by atoms with Crippen LogP contribution in [-0.4, -0.2) is 10.1 Å². The molecule has 1 rings (SSSR count). The Morgan fingerprint density at radius 3 is 2.64 bits per heavy atom. The first-order valence-corrected chi connectivity index (χ1v) is 5.67. The first-order valence-electron chi connectivity index (χ1n) is 4.88. The van der Waals surface area contributed by atoms with Crippen molar-refractivity contribution >= 4 is 15.9 Å². The highest BCUT2D eigenvalue weighted by Crippen LogP contribution is 2.22. The molecule has 1 atom stereocenters. The molecule has 0 amide bonds. The van der Waals surface area contributed by atoms with Gasteiger partial charge < -0.3 is 5.11 Å². The molecule has 0 aliphatic rings. The fourth-order valence-electron chi connectivity index (χ4n) is 1.27. The fourth-order valence-corrected chi connectivity index (χ4v) is 1.65. The van der Waals surface area contributed by atoms with Gasteiger partial charge in [0, 0.05) is 16.9 Å². The maximum atomic E-state index is 9.83. The van der Waals surface area contributed by atoms with Gasteiger partial charge in [0.15, 0.2) is 0 Å². The molecule has 1 aromatic heterocycles. The molecule has 0 radical (unpaired) electrons. The monoisotopic (exact) mass is 257 g/mol. The number of halogens is 1. The fraction of sp³-hybridized carbons (Fsp3) is 0.545. The summed E-state index contributed by atoms with van der Waals surface area (Å²) in [5, 5.41) is 9.83. The van der Waals surface area contributed by atoms with Crippen LogP contribution in [0.2, 0.25) is 0 Å². The molecule has 0 saturated carbocycles. The molecule has 0 aromatic carbocycles. The average molecular weight is 258 g/mol. The molecule has 1 N–H and O–H groups in total. The summed E-state index contributed by atoms with van der Waals surface area (Å²) in [6, 6.07) is 1.91. The van der Waals surface area contributed by atoms with E-state index in [-0.39, 0.29) is 6.10 Å². The van der Waals surface area contributed by atoms with E-state index in [2.05, 4.69) is 34.8 Å². The third-order valence-corrected chi connectivity index (χ3v) is 2.56. The highest BCUT2D eigenvalue weighted by atomic mass is 79.9. The van der Waals surface area contributed by atoms with Crippen LogP contribution < -0.4 is 0 Å². The van der Waals surface area contributed by atoms with Gasteiger partial charge >= 0.3 is 0 Å². The van der Waals surface area contributed by atoms with E-state index in [1.807, 2.05) is 6.07 Å². The van der Waals surface area contributed by atoms with Gasteiger partial charge in [-0.05, 0) is 46.3 Å². The van der Waals surface area contributed by atoms with Gasteiger partial charge in [0.2, 0.25) is 0 Å². The van der Waals surface area contributed by atoms with Crippen molar-refractivity contribution in [3.63, 3.8) is 0 Å². The number of pyridine rings is 1. The van der Waals surface area contributed by atoms with E-state index in [9.17, 15) is 5.11 Å². The van der Waals surface area contributed by atoms with Crippen molar-refractivity contribution in [2.75, 3.05) is 0 Å². The van der Waals surface area contributed by atoms with Crippen LogP contribution in [0.3, 0.4) is 0 Å². The largest absolute Gasteiger partial charge is 0.388 e. The molecule has 0 spiro atoms. The summed E-state index contributed by atoms with van der Waals surface area (Å²) in [6.45, 7) is 4.32. The summed E-state index contributed by atoms with van der Waals surface area (Å²) < 4.78 is 0.915. The molecule has 3 heteroatoms. The molecular formula is C11H16BrNO. The summed E-state index contributed by atoms with van der Waals surface area (Å²) in [5.74, 6) is 0.629. The number of aromatic nitrogens is 1. The third-order valence-electron chi connectivity index (χ3n) is 2.13. The molecule has 14 heavy (non-hydrogen) atoms. The van der Waals surface area contributed by atoms with Crippen molar-refractivity contribution in [1.29, 1.82) is 0 Å². The molecule has 1 aromatic rings. The minimum absolute atomic E-state index is 0.387. The number of aliphatic hydroxyl groups excluding tert-OH is 1. The summed E-state index contributed by atoms with van der Waals surface area (Å²) in [5.41, 5.74) is 0.889. The Bertz CT molecular complexity index is 288. The van der Waals surface area contributed by atoms with E-state index in [1.54, 1.807) is 12.4 Å². The Kier molecular flexibility index (Phi) is 4.55. The van der Waals surface area contributed by atoms with Gasteiger partial charge in [0.1, 0.15) is 0 Å². The Morgan fingerprint density at radius 1 is 1.36 bits per heavy atom. The minimum Gasteiger partial charge on any atom is -0.388 e. The van der Waals surface area contributed by atoms with Crippen LogP contribution in [0.4, 0.5) is 0 Å². The highest BCUT2D eigenvalue weighted by Gasteiger charge is 2.08. The molecule has 1 unspecified atom stereocenters. The number of aliphatic hydroxyl groups is 1. The number of nitrogens with zero attached hydrogens (tertiary/aromatic N) is 1. The Labute approximate surface area is 93.5 Å². The lowest BCUT2D eigenvalue weighted by Gasteiger charge is -2.12. The van der Waals surface area contributed by atoms with Crippen LogP contribution in [0.25, 0.3) is 0 Å². The quantitative estimate of drug-likeness (QED) is 0.898. The van der Waals surface area contributed by atoms with Crippen LogP contribution in [0.5, 0.6) is 0 Å². The van der Waals surface area contributed by atoms with Crippen molar-refractivity contribution < 1.29 is 5.11 Å². The maximum absolute atomic E-state index is 9.83. The average Bonchev–Trinajstić information content (AvgIpc) is 2.14. The lowest BCUT2D eigenvalue weighted by molar-refractivity contribution is 0.158. The molecule has 1 heterocycles. The second kappa shape index (κ2) is 5.47. The Hall–Kier alpha value is -0.410. The summed E-state index contributed by atoms with van der Waals surface area (Å²) in [6.07, 6.45) is 4.89. The van der Waals surface area contributed by atoms with E-state index < -0.39 is 0 Å². The van der Waals surface area contributed by atoms with Gasteiger partial charge in [-0.3, -0.25) is 4.98 Å². The van der Waals surface area contributed by atoms with E-state index in [1.165, 1.54) is 0 Å². The zero-order valence-electron chi connectivity index (χ0n) is 8.57. The lowest BCUT2D eigenvalue weighted by atomic mass is 10.0. The summed E-state index contributed by atoms with van der Waals surface area (Å²) in [4.78, 5) is 4.03. The summed E-state index contributed by atoms with van der Waals surface area (Å²) >= 11 is 3.34. The third kappa shape index (κ3) is 3.76. The molecule has 0 saturated heterocycles. The molecule has 0 bridgehead atoms. The van der Waals surface area contributed by atoms with Crippen molar-refractivity contribution in [1.82, 2.24) is 4.98 Å². The minimum atomic E-state index is -0.387. The van der Waals surface area contributed by atoms with Crippen molar-refractivity contribution in [2.45, 2.75) is 32.8 Å². The van der Waals surface area contributed by atoms with Crippen LogP contribution >= 0.6 is 15.9 Å². The molecule has 78 valence electrons.